The van der Waals surface area contributed by atoms with Crippen LogP contribution in [0.5, 0.6) is 0 Å². The minimum Gasteiger partial charge on any atom is -0.352 e. The molecule has 2 amide bonds. The Balaban J connectivity index is 1.23. The zero-order valence-corrected chi connectivity index (χ0v) is 24.7. The van der Waals surface area contributed by atoms with Crippen molar-refractivity contribution in [3.05, 3.63) is 76.2 Å². The van der Waals surface area contributed by atoms with Gasteiger partial charge in [0.15, 0.2) is 0 Å². The third-order valence-corrected chi connectivity index (χ3v) is 8.96. The highest BCUT2D eigenvalue weighted by atomic mass is 35.5. The fraction of sp³-hybridized carbons (Fsp3) is 0.286. The average Bonchev–Trinajstić information content (AvgIpc) is 3.58. The van der Waals surface area contributed by atoms with E-state index in [-0.39, 0.29) is 11.8 Å². The van der Waals surface area contributed by atoms with Gasteiger partial charge in [-0.05, 0) is 48.7 Å². The Morgan fingerprint density at radius 2 is 1.90 bits per heavy atom. The van der Waals surface area contributed by atoms with E-state index in [9.17, 15) is 13.2 Å². The molecule has 4 aromatic rings. The number of hydrogen-bond acceptors (Lipinski definition) is 7. The van der Waals surface area contributed by atoms with Gasteiger partial charge >= 0.3 is 6.03 Å². The molecule has 0 bridgehead atoms. The first kappa shape index (κ1) is 28.3. The summed E-state index contributed by atoms with van der Waals surface area (Å²) >= 11 is 12.0. The summed E-state index contributed by atoms with van der Waals surface area (Å²) in [6.45, 7) is 2.36. The van der Waals surface area contributed by atoms with Crippen molar-refractivity contribution in [3.63, 3.8) is 0 Å². The molecule has 2 aromatic carbocycles. The first-order chi connectivity index (χ1) is 20.2. The van der Waals surface area contributed by atoms with Gasteiger partial charge in [0.1, 0.15) is 5.82 Å². The molecule has 3 heterocycles. The number of aromatic nitrogens is 4. The molecule has 0 unspecified atom stereocenters. The number of sulfonamides is 1. The van der Waals surface area contributed by atoms with Crippen LogP contribution in [0.25, 0.3) is 22.6 Å². The molecule has 2 aromatic heterocycles. The van der Waals surface area contributed by atoms with Gasteiger partial charge in [-0.3, -0.25) is 4.72 Å². The first-order valence-electron chi connectivity index (χ1n) is 13.5. The lowest BCUT2D eigenvalue weighted by Crippen LogP contribution is -2.32. The van der Waals surface area contributed by atoms with E-state index in [1.807, 2.05) is 6.07 Å². The monoisotopic (exact) mass is 626 g/mol. The lowest BCUT2D eigenvalue weighted by Gasteiger charge is -2.14. The molecule has 2 fully saturated rings. The Bertz CT molecular complexity index is 1740. The van der Waals surface area contributed by atoms with Crippen LogP contribution >= 0.6 is 23.2 Å². The maximum absolute atomic E-state index is 13.0. The number of carbonyl (C=O) groups is 1. The maximum atomic E-state index is 13.0. The molecule has 1 aliphatic heterocycles. The number of aromatic amines is 1. The van der Waals surface area contributed by atoms with Gasteiger partial charge in [-0.25, -0.2) is 28.2 Å². The van der Waals surface area contributed by atoms with Crippen molar-refractivity contribution < 1.29 is 13.2 Å². The summed E-state index contributed by atoms with van der Waals surface area (Å²) in [5.41, 5.74) is 3.69. The zero-order valence-electron chi connectivity index (χ0n) is 22.4. The van der Waals surface area contributed by atoms with Crippen molar-refractivity contribution in [2.75, 3.05) is 36.2 Å². The number of nitrogens with zero attached hydrogens (tertiary/aromatic N) is 4. The van der Waals surface area contributed by atoms with E-state index in [2.05, 4.69) is 25.3 Å². The van der Waals surface area contributed by atoms with Gasteiger partial charge < -0.3 is 20.5 Å². The lowest BCUT2D eigenvalue weighted by atomic mass is 10.1. The van der Waals surface area contributed by atoms with Crippen LogP contribution in [-0.4, -0.2) is 65.5 Å². The van der Waals surface area contributed by atoms with Gasteiger partial charge in [0.2, 0.25) is 16.0 Å². The van der Waals surface area contributed by atoms with E-state index >= 15 is 0 Å². The fourth-order valence-corrected chi connectivity index (χ4v) is 6.24. The van der Waals surface area contributed by atoms with E-state index in [0.29, 0.717) is 70.7 Å². The third kappa shape index (κ3) is 6.61. The van der Waals surface area contributed by atoms with Gasteiger partial charge in [0.05, 0.1) is 32.9 Å². The molecule has 1 saturated heterocycles. The van der Waals surface area contributed by atoms with E-state index in [4.69, 9.17) is 33.2 Å². The zero-order chi connectivity index (χ0) is 29.3. The molecule has 2 aliphatic rings. The predicted octanol–water partition coefficient (Wildman–Crippen LogP) is 5.10. The van der Waals surface area contributed by atoms with E-state index in [1.54, 1.807) is 53.6 Å². The molecule has 4 N–H and O–H groups in total. The number of rotatable bonds is 11. The van der Waals surface area contributed by atoms with Crippen molar-refractivity contribution in [2.24, 2.45) is 0 Å². The van der Waals surface area contributed by atoms with Crippen LogP contribution in [0.3, 0.4) is 0 Å². The third-order valence-electron chi connectivity index (χ3n) is 6.96. The number of H-pyrrole nitrogens is 1. The van der Waals surface area contributed by atoms with Crippen LogP contribution in [-0.2, 0) is 15.8 Å². The van der Waals surface area contributed by atoms with Crippen LogP contribution in [0.2, 0.25) is 10.0 Å². The summed E-state index contributed by atoms with van der Waals surface area (Å²) in [6.07, 6.45) is 3.78. The van der Waals surface area contributed by atoms with Gasteiger partial charge in [-0.15, -0.1) is 0 Å². The molecular formula is C28H28Cl2N8O3S. The Kier molecular flexibility index (Phi) is 7.93. The molecule has 1 saturated carbocycles. The molecule has 14 heteroatoms. The second-order valence-corrected chi connectivity index (χ2v) is 12.8. The minimum atomic E-state index is -3.74. The number of amides is 2. The van der Waals surface area contributed by atoms with Crippen molar-refractivity contribution in [1.82, 2.24) is 30.2 Å². The minimum absolute atomic E-state index is 0.0694. The van der Waals surface area contributed by atoms with Crippen LogP contribution in [0.15, 0.2) is 54.7 Å². The highest BCUT2D eigenvalue weighted by Crippen LogP contribution is 2.41. The highest BCUT2D eigenvalue weighted by Gasteiger charge is 2.29. The number of urea groups is 1. The number of carbonyl (C=O) groups excluding carboxylic acids is 1. The number of imidazole rings is 1. The molecule has 11 nitrogen and oxygen atoms in total. The second kappa shape index (κ2) is 11.8. The number of nitrogens with one attached hydrogen (secondary N) is 4. The van der Waals surface area contributed by atoms with Crippen molar-refractivity contribution in [2.45, 2.75) is 24.5 Å². The number of hydrogen-bond donors (Lipinski definition) is 4. The topological polar surface area (TPSA) is 145 Å². The quantitative estimate of drug-likeness (QED) is 0.181. The Morgan fingerprint density at radius 1 is 1.05 bits per heavy atom. The predicted molar refractivity (Wildman–Crippen MR) is 163 cm³/mol. The molecule has 0 atom stereocenters. The van der Waals surface area contributed by atoms with Gasteiger partial charge in [-0.1, -0.05) is 41.4 Å². The molecule has 0 spiro atoms. The Labute approximate surface area is 253 Å². The standard InChI is InChI=1S/C28H28Cl2N8O3S/c29-21-7-4-17(14-22(21)30)16-42(40,41)37-20-3-1-2-19(15-20)24-25(36-26(35-24)18-5-6-18)23-8-9-31-27(34-23)32-10-12-38-13-11-33-28(38)39/h1-4,7-9,14-15,18,37H,5-6,10-13,16H2,(H,33,39)(H,35,36)(H,31,32,34). The van der Waals surface area contributed by atoms with E-state index < -0.39 is 10.0 Å². The lowest BCUT2D eigenvalue weighted by molar-refractivity contribution is 0.219. The van der Waals surface area contributed by atoms with Crippen LogP contribution in [0.1, 0.15) is 30.1 Å². The first-order valence-corrected chi connectivity index (χ1v) is 15.9. The largest absolute Gasteiger partial charge is 0.352 e. The van der Waals surface area contributed by atoms with Crippen molar-refractivity contribution in [3.8, 4) is 22.6 Å². The number of anilines is 2. The Hall–Kier alpha value is -3.87. The summed E-state index contributed by atoms with van der Waals surface area (Å²) in [7, 11) is -3.74. The number of benzene rings is 2. The van der Waals surface area contributed by atoms with Crippen molar-refractivity contribution >= 4 is 50.9 Å². The molecule has 6 rings (SSSR count). The summed E-state index contributed by atoms with van der Waals surface area (Å²) in [6, 6.07) is 13.6. The van der Waals surface area contributed by atoms with Gasteiger partial charge in [0, 0.05) is 49.5 Å². The second-order valence-electron chi connectivity index (χ2n) is 10.2. The van der Waals surface area contributed by atoms with Crippen LogP contribution < -0.4 is 15.4 Å². The summed E-state index contributed by atoms with van der Waals surface area (Å²) in [4.78, 5) is 30.9. The summed E-state index contributed by atoms with van der Waals surface area (Å²) in [5, 5.41) is 6.64. The Morgan fingerprint density at radius 3 is 2.67 bits per heavy atom. The SMILES string of the molecule is O=C1NCCN1CCNc1nccc(-c2[nH]c(C3CC3)nc2-c2cccc(NS(=O)(=O)Cc3ccc(Cl)c(Cl)c3)c2)n1. The van der Waals surface area contributed by atoms with Crippen LogP contribution in [0, 0.1) is 0 Å². The van der Waals surface area contributed by atoms with E-state index in [0.717, 1.165) is 29.9 Å². The van der Waals surface area contributed by atoms with Crippen molar-refractivity contribution in [1.29, 1.82) is 0 Å². The van der Waals surface area contributed by atoms with Gasteiger partial charge in [0.25, 0.3) is 0 Å². The smallest absolute Gasteiger partial charge is 0.317 e. The molecule has 218 valence electrons. The van der Waals surface area contributed by atoms with Gasteiger partial charge in [-0.2, -0.15) is 0 Å². The molecule has 0 radical (unpaired) electrons. The fourth-order valence-electron chi connectivity index (χ4n) is 4.74. The normalized spacial score (nSPS) is 15.1. The molecular weight excluding hydrogens is 599 g/mol. The van der Waals surface area contributed by atoms with E-state index in [1.165, 1.54) is 0 Å². The average molecular weight is 628 g/mol. The summed E-state index contributed by atoms with van der Waals surface area (Å²) in [5.74, 6) is 1.41. The number of halogens is 2. The highest BCUT2D eigenvalue weighted by molar-refractivity contribution is 7.91. The summed E-state index contributed by atoms with van der Waals surface area (Å²) < 4.78 is 28.6. The molecule has 42 heavy (non-hydrogen) atoms. The molecule has 1 aliphatic carbocycles. The van der Waals surface area contributed by atoms with Crippen LogP contribution in [0.4, 0.5) is 16.4 Å². The maximum Gasteiger partial charge on any atom is 0.317 e.